The molecular weight excluding hydrogens is 343 g/mol. The van der Waals surface area contributed by atoms with Crippen molar-refractivity contribution in [3.05, 3.63) is 41.1 Å². The van der Waals surface area contributed by atoms with E-state index in [0.717, 1.165) is 18.8 Å². The third-order valence-electron chi connectivity index (χ3n) is 6.12. The number of benzene rings is 1. The molecule has 0 spiro atoms. The van der Waals surface area contributed by atoms with E-state index in [1.54, 1.807) is 18.4 Å². The number of hydrogen-bond donors (Lipinski definition) is 4. The van der Waals surface area contributed by atoms with Crippen molar-refractivity contribution >= 4 is 70.5 Å². The fourth-order valence-corrected chi connectivity index (χ4v) is 4.31. The first kappa shape index (κ1) is 20.3. The van der Waals surface area contributed by atoms with E-state index < -0.39 is 5.91 Å². The number of anilines is 1. The highest BCUT2D eigenvalue weighted by molar-refractivity contribution is 6.60. The van der Waals surface area contributed by atoms with Crippen molar-refractivity contribution in [1.29, 1.82) is 5.41 Å². The van der Waals surface area contributed by atoms with Crippen LogP contribution in [0.5, 0.6) is 0 Å². The van der Waals surface area contributed by atoms with Crippen LogP contribution in [-0.4, -0.2) is 56.1 Å². The van der Waals surface area contributed by atoms with E-state index in [2.05, 4.69) is 42.0 Å². The van der Waals surface area contributed by atoms with Gasteiger partial charge in [0.25, 0.3) is 5.91 Å². The summed E-state index contributed by atoms with van der Waals surface area (Å²) in [6, 6.07) is 0. The molecule has 1 amide bonds. The number of piperidine rings is 1. The van der Waals surface area contributed by atoms with Gasteiger partial charge < -0.3 is 16.4 Å². The standard InChI is InChI=1S/C19H26B4N4O/c20-13-12(9-4-2-6-26-7-9)14(21)16(23)18(15(13)22)27-8-10-3-1-5-11(17(10)24)19(25)28/h1,3,5,8-9,24,26-27H,2,4,6-7,20-23H2,(H2,25,28)/b10-8-,24-17?/t9-/m1/s1. The van der Waals surface area contributed by atoms with Crippen LogP contribution in [-0.2, 0) is 4.79 Å². The molecule has 2 aliphatic rings. The molecule has 1 aliphatic carbocycles. The zero-order valence-corrected chi connectivity index (χ0v) is 17.2. The van der Waals surface area contributed by atoms with E-state index in [-0.39, 0.29) is 11.3 Å². The van der Waals surface area contributed by atoms with Gasteiger partial charge >= 0.3 is 0 Å². The Morgan fingerprint density at radius 1 is 1.21 bits per heavy atom. The lowest BCUT2D eigenvalue weighted by atomic mass is 9.63. The van der Waals surface area contributed by atoms with Gasteiger partial charge in [0.2, 0.25) is 0 Å². The van der Waals surface area contributed by atoms with Gasteiger partial charge in [0.1, 0.15) is 31.4 Å². The summed E-state index contributed by atoms with van der Waals surface area (Å²) >= 11 is 0. The average Bonchev–Trinajstić information content (AvgIpc) is 2.68. The number of primary amides is 1. The molecule has 5 N–H and O–H groups in total. The molecule has 0 aromatic heterocycles. The van der Waals surface area contributed by atoms with E-state index in [0.29, 0.717) is 11.5 Å². The molecule has 0 radical (unpaired) electrons. The molecule has 0 bridgehead atoms. The Kier molecular flexibility index (Phi) is 6.04. The lowest BCUT2D eigenvalue weighted by Crippen LogP contribution is -2.48. The monoisotopic (exact) mass is 370 g/mol. The molecule has 1 aromatic rings. The van der Waals surface area contributed by atoms with E-state index >= 15 is 0 Å². The number of nitrogens with two attached hydrogens (primary N) is 1. The minimum absolute atomic E-state index is 0.149. The molecule has 1 aliphatic heterocycles. The minimum atomic E-state index is -0.579. The van der Waals surface area contributed by atoms with E-state index in [1.165, 1.54) is 40.3 Å². The second-order valence-electron chi connectivity index (χ2n) is 7.75. The highest BCUT2D eigenvalue weighted by Crippen LogP contribution is 2.20. The molecule has 1 saturated heterocycles. The number of rotatable bonds is 4. The molecule has 0 unspecified atom stereocenters. The van der Waals surface area contributed by atoms with Crippen molar-refractivity contribution < 1.29 is 4.79 Å². The predicted molar refractivity (Wildman–Crippen MR) is 130 cm³/mol. The largest absolute Gasteiger partial charge is 0.366 e. The number of nitrogens with one attached hydrogen (secondary N) is 3. The van der Waals surface area contributed by atoms with Crippen molar-refractivity contribution in [2.75, 3.05) is 18.4 Å². The van der Waals surface area contributed by atoms with Crippen molar-refractivity contribution in [1.82, 2.24) is 5.32 Å². The first-order valence-electron chi connectivity index (χ1n) is 9.88. The van der Waals surface area contributed by atoms with Crippen LogP contribution in [0.3, 0.4) is 0 Å². The lowest BCUT2D eigenvalue weighted by molar-refractivity contribution is -0.114. The van der Waals surface area contributed by atoms with Gasteiger partial charge in [0.15, 0.2) is 0 Å². The molecule has 1 atom stereocenters. The second-order valence-corrected chi connectivity index (χ2v) is 7.75. The van der Waals surface area contributed by atoms with Gasteiger partial charge in [0.05, 0.1) is 11.3 Å². The van der Waals surface area contributed by atoms with Crippen LogP contribution >= 0.6 is 0 Å². The molecule has 0 saturated carbocycles. The van der Waals surface area contributed by atoms with Gasteiger partial charge in [-0.3, -0.25) is 10.2 Å². The topological polar surface area (TPSA) is 91.0 Å². The molecule has 1 fully saturated rings. The van der Waals surface area contributed by atoms with Gasteiger partial charge in [-0.15, -0.1) is 0 Å². The summed E-state index contributed by atoms with van der Waals surface area (Å²) in [5.74, 6) is -0.0129. The zero-order valence-electron chi connectivity index (χ0n) is 17.2. The molecular formula is C19H26B4N4O. The summed E-state index contributed by atoms with van der Waals surface area (Å²) in [7, 11) is 8.72. The molecule has 28 heavy (non-hydrogen) atoms. The highest BCUT2D eigenvalue weighted by atomic mass is 16.1. The number of allylic oxidation sites excluding steroid dienone is 4. The average molecular weight is 370 g/mol. The molecule has 9 heteroatoms. The van der Waals surface area contributed by atoms with Crippen molar-refractivity contribution in [2.24, 2.45) is 5.73 Å². The van der Waals surface area contributed by atoms with E-state index in [9.17, 15) is 4.79 Å². The Hall–Kier alpha value is -2.40. The van der Waals surface area contributed by atoms with Crippen molar-refractivity contribution in [3.8, 4) is 0 Å². The van der Waals surface area contributed by atoms with Crippen LogP contribution in [0, 0.1) is 5.41 Å². The number of hydrogen-bond acceptors (Lipinski definition) is 4. The Bertz CT molecular complexity index is 901. The predicted octanol–water partition coefficient (Wildman–Crippen LogP) is -4.52. The zero-order chi connectivity index (χ0) is 20.4. The quantitative estimate of drug-likeness (QED) is 0.403. The Morgan fingerprint density at radius 3 is 2.46 bits per heavy atom. The van der Waals surface area contributed by atoms with Crippen molar-refractivity contribution in [2.45, 2.75) is 18.8 Å². The first-order valence-corrected chi connectivity index (χ1v) is 9.88. The first-order chi connectivity index (χ1) is 13.3. The molecule has 140 valence electrons. The van der Waals surface area contributed by atoms with Crippen LogP contribution in [0.15, 0.2) is 35.6 Å². The third kappa shape index (κ3) is 3.76. The van der Waals surface area contributed by atoms with Crippen LogP contribution in [0.2, 0.25) is 0 Å². The maximum Gasteiger partial charge on any atom is 0.250 e. The van der Waals surface area contributed by atoms with Crippen LogP contribution in [0.25, 0.3) is 0 Å². The van der Waals surface area contributed by atoms with Crippen LogP contribution < -0.4 is 38.2 Å². The number of carbonyl (C=O) groups is 1. The smallest absolute Gasteiger partial charge is 0.250 e. The molecule has 5 nitrogen and oxygen atoms in total. The van der Waals surface area contributed by atoms with E-state index in [1.807, 2.05) is 6.08 Å². The third-order valence-corrected chi connectivity index (χ3v) is 6.12. The van der Waals surface area contributed by atoms with Gasteiger partial charge in [-0.1, -0.05) is 39.6 Å². The maximum atomic E-state index is 11.5. The number of amides is 1. The Labute approximate surface area is 170 Å². The summed E-state index contributed by atoms with van der Waals surface area (Å²) < 4.78 is 0. The highest BCUT2D eigenvalue weighted by Gasteiger charge is 2.22. The number of carbonyl (C=O) groups excluding carboxylic acids is 1. The molecule has 3 rings (SSSR count). The maximum absolute atomic E-state index is 11.5. The van der Waals surface area contributed by atoms with Crippen LogP contribution in [0.4, 0.5) is 5.69 Å². The van der Waals surface area contributed by atoms with Crippen molar-refractivity contribution in [3.63, 3.8) is 0 Å². The molecule has 1 heterocycles. The summed E-state index contributed by atoms with van der Waals surface area (Å²) in [6.07, 6.45) is 9.40. The molecule has 1 aromatic carbocycles. The normalized spacial score (nSPS) is 20.9. The van der Waals surface area contributed by atoms with E-state index in [4.69, 9.17) is 11.1 Å². The van der Waals surface area contributed by atoms with Gasteiger partial charge in [-0.05, 0) is 31.4 Å². The van der Waals surface area contributed by atoms with Gasteiger partial charge in [0, 0.05) is 24.0 Å². The summed E-state index contributed by atoms with van der Waals surface area (Å²) in [5, 5.41) is 15.2. The Balaban J connectivity index is 1.93. The fraction of sp³-hybridized carbons (Fsp3) is 0.263. The minimum Gasteiger partial charge on any atom is -0.366 e. The summed E-state index contributed by atoms with van der Waals surface area (Å²) in [4.78, 5) is 11.5. The van der Waals surface area contributed by atoms with Gasteiger partial charge in [-0.2, -0.15) is 0 Å². The second kappa shape index (κ2) is 8.31. The summed E-state index contributed by atoms with van der Waals surface area (Å²) in [6.45, 7) is 2.16. The Morgan fingerprint density at radius 2 is 1.89 bits per heavy atom. The van der Waals surface area contributed by atoms with Gasteiger partial charge in [-0.25, -0.2) is 0 Å². The lowest BCUT2D eigenvalue weighted by Gasteiger charge is -2.30. The van der Waals surface area contributed by atoms with Crippen LogP contribution in [0.1, 0.15) is 24.3 Å². The summed E-state index contributed by atoms with van der Waals surface area (Å²) in [5.41, 5.74) is 14.1. The SMILES string of the molecule is Bc1c(B)c([C@@H]2CCCNC2)c(B)c(B)c1N/C=C1/C=CC=C(C(N)=O)C1=N. The fourth-order valence-electron chi connectivity index (χ4n) is 4.31.